The summed E-state index contributed by atoms with van der Waals surface area (Å²) in [4.78, 5) is 14.8. The van der Waals surface area contributed by atoms with Crippen molar-refractivity contribution < 1.29 is 4.79 Å². The molecule has 19 heavy (non-hydrogen) atoms. The number of nitrogens with zero attached hydrogens (tertiary/aromatic N) is 1. The maximum atomic E-state index is 12.7. The van der Waals surface area contributed by atoms with Gasteiger partial charge in [0.25, 0.3) is 0 Å². The molecule has 1 aromatic carbocycles. The highest BCUT2D eigenvalue weighted by Crippen LogP contribution is 2.34. The normalized spacial score (nSPS) is 30.8. The molecule has 2 aliphatic rings. The fraction of sp³-hybridized carbons (Fsp3) is 0.562. The molecular weight excluding hydrogens is 236 g/mol. The highest BCUT2D eigenvalue weighted by Gasteiger charge is 2.37. The largest absolute Gasteiger partial charge is 0.335 e. The Labute approximate surface area is 115 Å². The third-order valence-corrected chi connectivity index (χ3v) is 4.55. The van der Waals surface area contributed by atoms with Crippen LogP contribution < -0.4 is 5.32 Å². The van der Waals surface area contributed by atoms with E-state index in [0.717, 1.165) is 32.5 Å². The molecule has 3 atom stereocenters. The third kappa shape index (κ3) is 2.39. The van der Waals surface area contributed by atoms with Gasteiger partial charge in [-0.3, -0.25) is 4.79 Å². The first-order valence-electron chi connectivity index (χ1n) is 7.33. The van der Waals surface area contributed by atoms with Crippen LogP contribution in [0.15, 0.2) is 30.3 Å². The van der Waals surface area contributed by atoms with Gasteiger partial charge in [-0.2, -0.15) is 0 Å². The van der Waals surface area contributed by atoms with E-state index in [-0.39, 0.29) is 5.92 Å². The number of rotatable bonds is 2. The van der Waals surface area contributed by atoms with E-state index in [9.17, 15) is 4.79 Å². The lowest BCUT2D eigenvalue weighted by Gasteiger charge is -2.29. The molecule has 3 rings (SSSR count). The predicted octanol–water partition coefficient (Wildman–Crippen LogP) is 2.21. The standard InChI is InChI=1S/C16H22N2O/c1-12-10-17-11-14(12)16(19)18-9-5-8-15(18)13-6-3-2-4-7-13/h2-4,6-7,12,14-15,17H,5,8-11H2,1H3/t12-,14-,15?/m1/s1. The van der Waals surface area contributed by atoms with Crippen molar-refractivity contribution in [1.29, 1.82) is 0 Å². The van der Waals surface area contributed by atoms with E-state index >= 15 is 0 Å². The summed E-state index contributed by atoms with van der Waals surface area (Å²) in [6.45, 7) is 4.91. The van der Waals surface area contributed by atoms with Gasteiger partial charge in [-0.1, -0.05) is 37.3 Å². The summed E-state index contributed by atoms with van der Waals surface area (Å²) in [5, 5.41) is 3.33. The Kier molecular flexibility index (Phi) is 3.56. The summed E-state index contributed by atoms with van der Waals surface area (Å²) < 4.78 is 0. The minimum absolute atomic E-state index is 0.171. The van der Waals surface area contributed by atoms with Crippen LogP contribution >= 0.6 is 0 Å². The molecule has 1 aromatic rings. The molecule has 1 N–H and O–H groups in total. The lowest BCUT2D eigenvalue weighted by molar-refractivity contribution is -0.136. The van der Waals surface area contributed by atoms with Crippen molar-refractivity contribution in [3.8, 4) is 0 Å². The van der Waals surface area contributed by atoms with Crippen LogP contribution in [0.25, 0.3) is 0 Å². The van der Waals surface area contributed by atoms with E-state index < -0.39 is 0 Å². The summed E-state index contributed by atoms with van der Waals surface area (Å²) >= 11 is 0. The Morgan fingerprint density at radius 2 is 2.05 bits per heavy atom. The van der Waals surface area contributed by atoms with Crippen LogP contribution in [0.1, 0.15) is 31.4 Å². The fourth-order valence-corrected chi connectivity index (χ4v) is 3.41. The molecule has 3 nitrogen and oxygen atoms in total. The first-order valence-corrected chi connectivity index (χ1v) is 7.33. The van der Waals surface area contributed by atoms with Gasteiger partial charge in [-0.25, -0.2) is 0 Å². The maximum Gasteiger partial charge on any atom is 0.227 e. The quantitative estimate of drug-likeness (QED) is 0.882. The number of hydrogen-bond donors (Lipinski definition) is 1. The fourth-order valence-electron chi connectivity index (χ4n) is 3.41. The molecule has 1 amide bonds. The van der Waals surface area contributed by atoms with Crippen LogP contribution in [0.4, 0.5) is 0 Å². The van der Waals surface area contributed by atoms with E-state index in [2.05, 4.69) is 41.4 Å². The summed E-state index contributed by atoms with van der Waals surface area (Å²) in [5.41, 5.74) is 1.28. The molecule has 2 fully saturated rings. The molecule has 0 aliphatic carbocycles. The molecule has 2 saturated heterocycles. The van der Waals surface area contributed by atoms with Crippen molar-refractivity contribution in [3.63, 3.8) is 0 Å². The molecule has 0 saturated carbocycles. The average Bonchev–Trinajstić information content (AvgIpc) is 3.07. The number of amides is 1. The second kappa shape index (κ2) is 5.33. The number of benzene rings is 1. The summed E-state index contributed by atoms with van der Waals surface area (Å²) in [5.74, 6) is 0.984. The summed E-state index contributed by atoms with van der Waals surface area (Å²) in [6, 6.07) is 10.8. The van der Waals surface area contributed by atoms with Crippen molar-refractivity contribution in [2.24, 2.45) is 11.8 Å². The van der Waals surface area contributed by atoms with Crippen molar-refractivity contribution >= 4 is 5.91 Å². The smallest absolute Gasteiger partial charge is 0.227 e. The molecule has 0 aromatic heterocycles. The van der Waals surface area contributed by atoms with Crippen LogP contribution in [0, 0.1) is 11.8 Å². The Morgan fingerprint density at radius 1 is 1.26 bits per heavy atom. The topological polar surface area (TPSA) is 32.3 Å². The summed E-state index contributed by atoms with van der Waals surface area (Å²) in [6.07, 6.45) is 2.23. The van der Waals surface area contributed by atoms with Gasteiger partial charge in [0.15, 0.2) is 0 Å². The minimum Gasteiger partial charge on any atom is -0.335 e. The van der Waals surface area contributed by atoms with E-state index in [0.29, 0.717) is 17.9 Å². The third-order valence-electron chi connectivity index (χ3n) is 4.55. The van der Waals surface area contributed by atoms with Gasteiger partial charge in [-0.15, -0.1) is 0 Å². The molecule has 0 spiro atoms. The molecule has 0 bridgehead atoms. The molecule has 2 aliphatic heterocycles. The Balaban J connectivity index is 1.78. The highest BCUT2D eigenvalue weighted by atomic mass is 16.2. The number of carbonyl (C=O) groups is 1. The van der Waals surface area contributed by atoms with Gasteiger partial charge in [0, 0.05) is 13.1 Å². The molecule has 0 radical (unpaired) electrons. The van der Waals surface area contributed by atoms with Crippen LogP contribution in [0.2, 0.25) is 0 Å². The Hall–Kier alpha value is -1.35. The number of hydrogen-bond acceptors (Lipinski definition) is 2. The van der Waals surface area contributed by atoms with Gasteiger partial charge in [0.1, 0.15) is 0 Å². The zero-order valence-corrected chi connectivity index (χ0v) is 11.5. The monoisotopic (exact) mass is 258 g/mol. The predicted molar refractivity (Wildman–Crippen MR) is 75.7 cm³/mol. The van der Waals surface area contributed by atoms with Gasteiger partial charge < -0.3 is 10.2 Å². The van der Waals surface area contributed by atoms with Crippen molar-refractivity contribution in [2.45, 2.75) is 25.8 Å². The van der Waals surface area contributed by atoms with Crippen molar-refractivity contribution in [2.75, 3.05) is 19.6 Å². The first kappa shape index (κ1) is 12.7. The zero-order valence-electron chi connectivity index (χ0n) is 11.5. The number of carbonyl (C=O) groups excluding carboxylic acids is 1. The van der Waals surface area contributed by atoms with Crippen molar-refractivity contribution in [1.82, 2.24) is 10.2 Å². The van der Waals surface area contributed by atoms with Gasteiger partial charge >= 0.3 is 0 Å². The van der Waals surface area contributed by atoms with E-state index in [1.54, 1.807) is 0 Å². The lowest BCUT2D eigenvalue weighted by Crippen LogP contribution is -2.38. The van der Waals surface area contributed by atoms with Crippen LogP contribution in [-0.2, 0) is 4.79 Å². The van der Waals surface area contributed by atoms with Crippen molar-refractivity contribution in [3.05, 3.63) is 35.9 Å². The second-order valence-electron chi connectivity index (χ2n) is 5.84. The highest BCUT2D eigenvalue weighted by molar-refractivity contribution is 5.80. The van der Waals surface area contributed by atoms with E-state index in [1.807, 2.05) is 6.07 Å². The Bertz CT molecular complexity index is 445. The zero-order chi connectivity index (χ0) is 13.2. The van der Waals surface area contributed by atoms with E-state index in [1.165, 1.54) is 5.56 Å². The SMILES string of the molecule is C[C@@H]1CNC[C@H]1C(=O)N1CCCC1c1ccccc1. The molecule has 2 heterocycles. The minimum atomic E-state index is 0.171. The molecule has 1 unspecified atom stereocenters. The van der Waals surface area contributed by atoms with Crippen LogP contribution in [0.5, 0.6) is 0 Å². The number of likely N-dealkylation sites (tertiary alicyclic amines) is 1. The average molecular weight is 258 g/mol. The van der Waals surface area contributed by atoms with Crippen LogP contribution in [-0.4, -0.2) is 30.4 Å². The molecule has 3 heteroatoms. The molecule has 102 valence electrons. The number of nitrogens with one attached hydrogen (secondary N) is 1. The van der Waals surface area contributed by atoms with Crippen LogP contribution in [0.3, 0.4) is 0 Å². The van der Waals surface area contributed by atoms with Gasteiger partial charge in [0.05, 0.1) is 12.0 Å². The summed E-state index contributed by atoms with van der Waals surface area (Å²) in [7, 11) is 0. The maximum absolute atomic E-state index is 12.7. The Morgan fingerprint density at radius 3 is 2.74 bits per heavy atom. The lowest BCUT2D eigenvalue weighted by atomic mass is 9.95. The first-order chi connectivity index (χ1) is 9.27. The van der Waals surface area contributed by atoms with E-state index in [4.69, 9.17) is 0 Å². The molecular formula is C16H22N2O. The van der Waals surface area contributed by atoms with Gasteiger partial charge in [0.2, 0.25) is 5.91 Å². The second-order valence-corrected chi connectivity index (χ2v) is 5.84. The van der Waals surface area contributed by atoms with Gasteiger partial charge in [-0.05, 0) is 30.9 Å².